The molecule has 178 valence electrons. The van der Waals surface area contributed by atoms with Crippen LogP contribution in [-0.2, 0) is 21.2 Å². The molecule has 0 aromatic heterocycles. The van der Waals surface area contributed by atoms with Gasteiger partial charge in [-0.1, -0.05) is 48.5 Å². The first-order valence-corrected chi connectivity index (χ1v) is 13.6. The van der Waals surface area contributed by atoms with Gasteiger partial charge in [-0.25, -0.2) is 8.42 Å². The van der Waals surface area contributed by atoms with Gasteiger partial charge in [0.1, 0.15) is 0 Å². The summed E-state index contributed by atoms with van der Waals surface area (Å²) in [6, 6.07) is 19.2. The van der Waals surface area contributed by atoms with Gasteiger partial charge in [-0.05, 0) is 62.9 Å². The second-order valence-electron chi connectivity index (χ2n) is 9.10. The lowest BCUT2D eigenvalue weighted by Gasteiger charge is -2.33. The van der Waals surface area contributed by atoms with Crippen LogP contribution in [0, 0.1) is 5.92 Å². The van der Waals surface area contributed by atoms with Crippen molar-refractivity contribution in [2.75, 3.05) is 45.8 Å². The maximum atomic E-state index is 13.2. The highest BCUT2D eigenvalue weighted by molar-refractivity contribution is 7.89. The van der Waals surface area contributed by atoms with E-state index >= 15 is 0 Å². The smallest absolute Gasteiger partial charge is 0.243 e. The molecule has 2 fully saturated rings. The minimum absolute atomic E-state index is 0.0724. The summed E-state index contributed by atoms with van der Waals surface area (Å²) in [5, 5.41) is 0. The summed E-state index contributed by atoms with van der Waals surface area (Å²) in [4.78, 5) is 18.0. The molecule has 0 radical (unpaired) electrons. The van der Waals surface area contributed by atoms with Gasteiger partial charge in [0.05, 0.1) is 4.90 Å². The average molecular weight is 470 g/mol. The maximum Gasteiger partial charge on any atom is 0.243 e. The van der Waals surface area contributed by atoms with Crippen LogP contribution in [0.4, 0.5) is 0 Å². The monoisotopic (exact) mass is 469 g/mol. The lowest BCUT2D eigenvalue weighted by Crippen LogP contribution is -2.45. The van der Waals surface area contributed by atoms with Crippen LogP contribution in [0.3, 0.4) is 0 Å². The van der Waals surface area contributed by atoms with Gasteiger partial charge in [0.25, 0.3) is 0 Å². The van der Waals surface area contributed by atoms with Crippen LogP contribution >= 0.6 is 0 Å². The molecule has 7 heteroatoms. The largest absolute Gasteiger partial charge is 0.341 e. The summed E-state index contributed by atoms with van der Waals surface area (Å²) in [5.74, 6) is 0.134. The molecule has 0 bridgehead atoms. The van der Waals surface area contributed by atoms with E-state index < -0.39 is 10.0 Å². The van der Waals surface area contributed by atoms with Crippen LogP contribution in [-0.4, -0.2) is 74.2 Å². The standard InChI is InChI=1S/C26H35N3O3S/c30-26(24-14-19-29(20-15-24)33(31,32)25-12-5-2-6-13-25)28-18-8-17-27(21-22-28)16-7-11-23-9-3-1-4-10-23/h1-6,9-10,12-13,24H,7-8,11,14-22H2. The molecule has 0 atom stereocenters. The Morgan fingerprint density at radius 3 is 2.18 bits per heavy atom. The Bertz CT molecular complexity index is 990. The molecule has 4 rings (SSSR count). The molecule has 2 aliphatic rings. The van der Waals surface area contributed by atoms with Gasteiger partial charge in [-0.2, -0.15) is 4.31 Å². The van der Waals surface area contributed by atoms with E-state index in [4.69, 9.17) is 0 Å². The molecule has 0 spiro atoms. The summed E-state index contributed by atoms with van der Waals surface area (Å²) in [6.07, 6.45) is 4.42. The van der Waals surface area contributed by atoms with E-state index in [0.29, 0.717) is 30.8 Å². The third-order valence-corrected chi connectivity index (χ3v) is 8.78. The van der Waals surface area contributed by atoms with Gasteiger partial charge in [0.15, 0.2) is 0 Å². The Balaban J connectivity index is 1.23. The van der Waals surface area contributed by atoms with E-state index in [0.717, 1.165) is 52.0 Å². The third kappa shape index (κ3) is 6.22. The Morgan fingerprint density at radius 1 is 0.818 bits per heavy atom. The second kappa shape index (κ2) is 11.3. The molecule has 2 heterocycles. The lowest BCUT2D eigenvalue weighted by molar-refractivity contribution is -0.136. The highest BCUT2D eigenvalue weighted by Crippen LogP contribution is 2.25. The minimum Gasteiger partial charge on any atom is -0.341 e. The Hall–Kier alpha value is -2.22. The second-order valence-corrected chi connectivity index (χ2v) is 11.0. The average Bonchev–Trinajstić information content (AvgIpc) is 3.11. The van der Waals surface area contributed by atoms with Gasteiger partial charge < -0.3 is 9.80 Å². The topological polar surface area (TPSA) is 60.9 Å². The quantitative estimate of drug-likeness (QED) is 0.625. The van der Waals surface area contributed by atoms with Gasteiger partial charge in [-0.3, -0.25) is 4.79 Å². The fraction of sp³-hybridized carbons (Fsp3) is 0.500. The zero-order chi connectivity index (χ0) is 23.1. The molecule has 1 amide bonds. The van der Waals surface area contributed by atoms with Crippen LogP contribution in [0.15, 0.2) is 65.6 Å². The minimum atomic E-state index is -3.48. The van der Waals surface area contributed by atoms with Crippen molar-refractivity contribution in [3.8, 4) is 0 Å². The van der Waals surface area contributed by atoms with Gasteiger partial charge in [0, 0.05) is 38.6 Å². The molecular formula is C26H35N3O3S. The number of hydrogen-bond donors (Lipinski definition) is 0. The van der Waals surface area contributed by atoms with E-state index in [-0.39, 0.29) is 11.8 Å². The number of carbonyl (C=O) groups excluding carboxylic acids is 1. The zero-order valence-electron chi connectivity index (χ0n) is 19.3. The molecule has 33 heavy (non-hydrogen) atoms. The van der Waals surface area contributed by atoms with E-state index in [1.54, 1.807) is 24.3 Å². The van der Waals surface area contributed by atoms with Crippen LogP contribution in [0.5, 0.6) is 0 Å². The third-order valence-electron chi connectivity index (χ3n) is 6.87. The highest BCUT2D eigenvalue weighted by atomic mass is 32.2. The number of nitrogens with zero attached hydrogens (tertiary/aromatic N) is 3. The number of sulfonamides is 1. The first kappa shape index (κ1) is 23.9. The SMILES string of the molecule is O=C(C1CCN(S(=O)(=O)c2ccccc2)CC1)N1CCCN(CCCc2ccccc2)CC1. The lowest BCUT2D eigenvalue weighted by atomic mass is 9.96. The number of rotatable bonds is 7. The molecule has 0 saturated carbocycles. The Kier molecular flexibility index (Phi) is 8.17. The Morgan fingerprint density at radius 2 is 1.48 bits per heavy atom. The molecule has 6 nitrogen and oxygen atoms in total. The fourth-order valence-corrected chi connectivity index (χ4v) is 6.40. The number of piperidine rings is 1. The molecule has 2 aromatic carbocycles. The van der Waals surface area contributed by atoms with Crippen LogP contribution < -0.4 is 0 Å². The van der Waals surface area contributed by atoms with E-state index in [1.807, 2.05) is 11.0 Å². The fourth-order valence-electron chi connectivity index (χ4n) is 4.91. The van der Waals surface area contributed by atoms with Crippen molar-refractivity contribution < 1.29 is 13.2 Å². The highest BCUT2D eigenvalue weighted by Gasteiger charge is 2.34. The zero-order valence-corrected chi connectivity index (χ0v) is 20.1. The van der Waals surface area contributed by atoms with Crippen molar-refractivity contribution in [3.63, 3.8) is 0 Å². The summed E-state index contributed by atoms with van der Waals surface area (Å²) in [7, 11) is -3.48. The van der Waals surface area contributed by atoms with Gasteiger partial charge >= 0.3 is 0 Å². The number of amides is 1. The van der Waals surface area contributed by atoms with Crippen molar-refractivity contribution in [2.24, 2.45) is 5.92 Å². The van der Waals surface area contributed by atoms with Gasteiger partial charge in [0.2, 0.25) is 15.9 Å². The molecule has 2 saturated heterocycles. The number of aryl methyl sites for hydroxylation is 1. The molecule has 2 aliphatic heterocycles. The first-order chi connectivity index (χ1) is 16.0. The summed E-state index contributed by atoms with van der Waals surface area (Å²) >= 11 is 0. The van der Waals surface area contributed by atoms with Crippen molar-refractivity contribution >= 4 is 15.9 Å². The van der Waals surface area contributed by atoms with Crippen LogP contribution in [0.1, 0.15) is 31.2 Å². The summed E-state index contributed by atoms with van der Waals surface area (Å²) < 4.78 is 27.2. The van der Waals surface area contributed by atoms with Gasteiger partial charge in [-0.15, -0.1) is 0 Å². The molecular weight excluding hydrogens is 434 g/mol. The van der Waals surface area contributed by atoms with Crippen LogP contribution in [0.25, 0.3) is 0 Å². The predicted molar refractivity (Wildman–Crippen MR) is 130 cm³/mol. The number of carbonyl (C=O) groups is 1. The summed E-state index contributed by atoms with van der Waals surface area (Å²) in [5.41, 5.74) is 1.38. The van der Waals surface area contributed by atoms with E-state index in [1.165, 1.54) is 9.87 Å². The van der Waals surface area contributed by atoms with E-state index in [9.17, 15) is 13.2 Å². The number of benzene rings is 2. The first-order valence-electron chi connectivity index (χ1n) is 12.1. The van der Waals surface area contributed by atoms with Crippen molar-refractivity contribution in [3.05, 3.63) is 66.2 Å². The molecule has 0 unspecified atom stereocenters. The molecule has 2 aromatic rings. The summed E-state index contributed by atoms with van der Waals surface area (Å²) in [6.45, 7) is 5.41. The maximum absolute atomic E-state index is 13.2. The van der Waals surface area contributed by atoms with Crippen molar-refractivity contribution in [1.82, 2.24) is 14.1 Å². The predicted octanol–water partition coefficient (Wildman–Crippen LogP) is 3.25. The normalized spacial score (nSPS) is 19.3. The van der Waals surface area contributed by atoms with Crippen LogP contribution in [0.2, 0.25) is 0 Å². The Labute approximate surface area is 198 Å². The van der Waals surface area contributed by atoms with Crippen molar-refractivity contribution in [2.45, 2.75) is 37.0 Å². The van der Waals surface area contributed by atoms with E-state index in [2.05, 4.69) is 35.2 Å². The molecule has 0 aliphatic carbocycles. The number of hydrogen-bond acceptors (Lipinski definition) is 4. The van der Waals surface area contributed by atoms with Crippen molar-refractivity contribution in [1.29, 1.82) is 0 Å². The molecule has 0 N–H and O–H groups in total.